The van der Waals surface area contributed by atoms with Crippen LogP contribution in [0.25, 0.3) is 11.4 Å². The minimum Gasteiger partial charge on any atom is -0.464 e. The lowest BCUT2D eigenvalue weighted by Crippen LogP contribution is -2.22. The maximum Gasteiger partial charge on any atom is 0.356 e. The van der Waals surface area contributed by atoms with Crippen molar-refractivity contribution in [3.8, 4) is 11.4 Å². The molecule has 0 bridgehead atoms. The number of aryl methyl sites for hydroxylation is 3. The molecule has 118 valence electrons. The first-order chi connectivity index (χ1) is 10.3. The molecule has 0 aliphatic rings. The highest BCUT2D eigenvalue weighted by Gasteiger charge is 2.24. The van der Waals surface area contributed by atoms with Gasteiger partial charge in [0, 0.05) is 24.7 Å². The topological polar surface area (TPSA) is 66.1 Å². The van der Waals surface area contributed by atoms with Crippen molar-refractivity contribution in [2.75, 3.05) is 7.11 Å². The average Bonchev–Trinajstić information content (AvgIpc) is 2.81. The number of pyridine rings is 1. The van der Waals surface area contributed by atoms with Gasteiger partial charge in [-0.3, -0.25) is 9.48 Å². The molecule has 2 heterocycles. The molecule has 0 N–H and O–H groups in total. The Labute approximate surface area is 129 Å². The highest BCUT2D eigenvalue weighted by atomic mass is 16.5. The standard InChI is InChI=1S/C16H21N3O3/c1-7-19-14(16(21)22-6)11(4)12(17-19)13-9(2)8-10(3)15(20)18(13)5/h8H,7H2,1-6H3. The molecule has 0 amide bonds. The van der Waals surface area contributed by atoms with Crippen LogP contribution in [0.4, 0.5) is 0 Å². The zero-order chi connectivity index (χ0) is 16.6. The summed E-state index contributed by atoms with van der Waals surface area (Å²) < 4.78 is 8.04. The second-order valence-electron chi connectivity index (χ2n) is 5.35. The summed E-state index contributed by atoms with van der Waals surface area (Å²) in [6, 6.07) is 1.85. The molecule has 6 nitrogen and oxygen atoms in total. The number of methoxy groups -OCH3 is 1. The van der Waals surface area contributed by atoms with Gasteiger partial charge in [0.25, 0.3) is 5.56 Å². The number of esters is 1. The minimum atomic E-state index is -0.423. The van der Waals surface area contributed by atoms with E-state index in [4.69, 9.17) is 4.74 Å². The molecule has 0 fully saturated rings. The molecule has 0 aromatic carbocycles. The Morgan fingerprint density at radius 2 is 1.91 bits per heavy atom. The Kier molecular flexibility index (Phi) is 4.21. The summed E-state index contributed by atoms with van der Waals surface area (Å²) in [6.45, 7) is 8.00. The van der Waals surface area contributed by atoms with E-state index in [-0.39, 0.29) is 5.56 Å². The first-order valence-corrected chi connectivity index (χ1v) is 7.16. The molecule has 22 heavy (non-hydrogen) atoms. The molecule has 0 radical (unpaired) electrons. The lowest BCUT2D eigenvalue weighted by atomic mass is 10.1. The summed E-state index contributed by atoms with van der Waals surface area (Å²) in [5, 5.41) is 4.52. The Balaban J connectivity index is 2.81. The lowest BCUT2D eigenvalue weighted by Gasteiger charge is -2.11. The van der Waals surface area contributed by atoms with E-state index in [2.05, 4.69) is 5.10 Å². The molecule has 0 saturated carbocycles. The summed E-state index contributed by atoms with van der Waals surface area (Å²) in [5.41, 5.74) is 4.07. The van der Waals surface area contributed by atoms with Crippen LogP contribution < -0.4 is 5.56 Å². The molecule has 2 rings (SSSR count). The number of ether oxygens (including phenoxy) is 1. The highest BCUT2D eigenvalue weighted by Crippen LogP contribution is 2.27. The van der Waals surface area contributed by atoms with Crippen molar-refractivity contribution < 1.29 is 9.53 Å². The van der Waals surface area contributed by atoms with Gasteiger partial charge in [-0.25, -0.2) is 4.79 Å². The zero-order valence-electron chi connectivity index (χ0n) is 13.9. The summed E-state index contributed by atoms with van der Waals surface area (Å²) in [6.07, 6.45) is 0. The van der Waals surface area contributed by atoms with Crippen molar-refractivity contribution in [1.29, 1.82) is 0 Å². The van der Waals surface area contributed by atoms with E-state index in [1.54, 1.807) is 23.2 Å². The van der Waals surface area contributed by atoms with Gasteiger partial charge in [-0.2, -0.15) is 5.10 Å². The molecule has 0 unspecified atom stereocenters. The van der Waals surface area contributed by atoms with Gasteiger partial charge >= 0.3 is 5.97 Å². The van der Waals surface area contributed by atoms with Crippen molar-refractivity contribution in [2.45, 2.75) is 34.2 Å². The maximum atomic E-state index is 12.2. The molecule has 0 aliphatic carbocycles. The summed E-state index contributed by atoms with van der Waals surface area (Å²) >= 11 is 0. The van der Waals surface area contributed by atoms with Crippen molar-refractivity contribution in [3.63, 3.8) is 0 Å². The Hall–Kier alpha value is -2.37. The van der Waals surface area contributed by atoms with E-state index in [9.17, 15) is 9.59 Å². The molecule has 6 heteroatoms. The molecule has 2 aromatic rings. The van der Waals surface area contributed by atoms with Crippen LogP contribution in [0.5, 0.6) is 0 Å². The van der Waals surface area contributed by atoms with E-state index in [1.165, 1.54) is 7.11 Å². The fourth-order valence-electron chi connectivity index (χ4n) is 2.79. The zero-order valence-corrected chi connectivity index (χ0v) is 13.9. The van der Waals surface area contributed by atoms with Crippen molar-refractivity contribution in [3.05, 3.63) is 38.8 Å². The second kappa shape index (κ2) is 5.79. The second-order valence-corrected chi connectivity index (χ2v) is 5.35. The number of hydrogen-bond donors (Lipinski definition) is 0. The summed E-state index contributed by atoms with van der Waals surface area (Å²) in [7, 11) is 3.07. The third kappa shape index (κ3) is 2.34. The predicted octanol–water partition coefficient (Wildman–Crippen LogP) is 1.98. The van der Waals surface area contributed by atoms with Crippen molar-refractivity contribution in [2.24, 2.45) is 7.05 Å². The summed E-state index contributed by atoms with van der Waals surface area (Å²) in [4.78, 5) is 24.2. The van der Waals surface area contributed by atoms with E-state index in [0.717, 1.165) is 16.8 Å². The number of rotatable bonds is 3. The van der Waals surface area contributed by atoms with Crippen LogP contribution in [-0.2, 0) is 18.3 Å². The van der Waals surface area contributed by atoms with Gasteiger partial charge in [-0.05, 0) is 39.3 Å². The van der Waals surface area contributed by atoms with Gasteiger partial charge in [0.1, 0.15) is 11.4 Å². The molecule has 0 aliphatic heterocycles. The quantitative estimate of drug-likeness (QED) is 0.813. The molecule has 0 spiro atoms. The van der Waals surface area contributed by atoms with Gasteiger partial charge in [-0.1, -0.05) is 0 Å². The summed E-state index contributed by atoms with van der Waals surface area (Å²) in [5.74, 6) is -0.423. The van der Waals surface area contributed by atoms with Crippen LogP contribution in [0.15, 0.2) is 10.9 Å². The van der Waals surface area contributed by atoms with Gasteiger partial charge in [0.15, 0.2) is 0 Å². The number of hydrogen-bond acceptors (Lipinski definition) is 4. The maximum absolute atomic E-state index is 12.2. The monoisotopic (exact) mass is 303 g/mol. The first-order valence-electron chi connectivity index (χ1n) is 7.16. The Morgan fingerprint density at radius 1 is 1.27 bits per heavy atom. The number of nitrogens with zero attached hydrogens (tertiary/aromatic N) is 3. The van der Waals surface area contributed by atoms with E-state index >= 15 is 0 Å². The van der Waals surface area contributed by atoms with Crippen molar-refractivity contribution >= 4 is 5.97 Å². The van der Waals surface area contributed by atoms with Crippen LogP contribution in [0.2, 0.25) is 0 Å². The largest absolute Gasteiger partial charge is 0.464 e. The Morgan fingerprint density at radius 3 is 2.45 bits per heavy atom. The van der Waals surface area contributed by atoms with Crippen molar-refractivity contribution in [1.82, 2.24) is 14.3 Å². The fraction of sp³-hybridized carbons (Fsp3) is 0.438. The van der Waals surface area contributed by atoms with Gasteiger partial charge in [-0.15, -0.1) is 0 Å². The molecule has 0 atom stereocenters. The lowest BCUT2D eigenvalue weighted by molar-refractivity contribution is 0.0586. The van der Waals surface area contributed by atoms with E-state index in [0.29, 0.717) is 23.5 Å². The molecule has 2 aromatic heterocycles. The number of carbonyl (C=O) groups excluding carboxylic acids is 1. The van der Waals surface area contributed by atoms with E-state index in [1.807, 2.05) is 26.8 Å². The minimum absolute atomic E-state index is 0.0642. The van der Waals surface area contributed by atoms with Crippen LogP contribution in [0, 0.1) is 20.8 Å². The van der Waals surface area contributed by atoms with Crippen LogP contribution in [-0.4, -0.2) is 27.4 Å². The highest BCUT2D eigenvalue weighted by molar-refractivity contribution is 5.91. The predicted molar refractivity (Wildman–Crippen MR) is 84.1 cm³/mol. The third-order valence-corrected chi connectivity index (χ3v) is 3.88. The van der Waals surface area contributed by atoms with Gasteiger partial charge in [0.2, 0.25) is 0 Å². The SMILES string of the molecule is CCn1nc(-c2c(C)cc(C)c(=O)n2C)c(C)c1C(=O)OC. The normalized spacial score (nSPS) is 10.8. The number of aromatic nitrogens is 3. The molecule has 0 saturated heterocycles. The first kappa shape index (κ1) is 16.0. The van der Waals surface area contributed by atoms with Gasteiger partial charge < -0.3 is 9.30 Å². The Bertz CT molecular complexity index is 800. The van der Waals surface area contributed by atoms with Crippen LogP contribution in [0.1, 0.15) is 34.1 Å². The molecular weight excluding hydrogens is 282 g/mol. The fourth-order valence-corrected chi connectivity index (χ4v) is 2.79. The number of carbonyl (C=O) groups is 1. The third-order valence-electron chi connectivity index (χ3n) is 3.88. The van der Waals surface area contributed by atoms with Crippen LogP contribution >= 0.6 is 0 Å². The van der Waals surface area contributed by atoms with Crippen LogP contribution in [0.3, 0.4) is 0 Å². The average molecular weight is 303 g/mol. The molecular formula is C16H21N3O3. The van der Waals surface area contributed by atoms with E-state index < -0.39 is 5.97 Å². The van der Waals surface area contributed by atoms with Gasteiger partial charge in [0.05, 0.1) is 12.8 Å². The smallest absolute Gasteiger partial charge is 0.356 e.